The average Bonchev–Trinajstić information content (AvgIpc) is 3.41. The number of halogens is 1. The third-order valence-corrected chi connectivity index (χ3v) is 6.93. The van der Waals surface area contributed by atoms with Crippen molar-refractivity contribution in [1.29, 1.82) is 0 Å². The first-order valence-electron chi connectivity index (χ1n) is 12.6. The molecule has 3 N–H and O–H groups in total. The van der Waals surface area contributed by atoms with Gasteiger partial charge in [0.1, 0.15) is 5.69 Å². The third-order valence-electron chi connectivity index (χ3n) is 6.74. The Bertz CT molecular complexity index is 1630. The fraction of sp³-hybridized carbons (Fsp3) is 0.194. The van der Waals surface area contributed by atoms with E-state index in [1.165, 1.54) is 0 Å². The topological polar surface area (TPSA) is 84.6 Å². The van der Waals surface area contributed by atoms with Crippen LogP contribution in [-0.2, 0) is 13.0 Å². The van der Waals surface area contributed by atoms with E-state index in [0.717, 1.165) is 33.0 Å². The molecule has 200 valence electrons. The molecule has 0 unspecified atom stereocenters. The molecule has 1 heterocycles. The molecular formula is C31H30ClN3O4. The van der Waals surface area contributed by atoms with Gasteiger partial charge in [-0.3, -0.25) is 4.79 Å². The van der Waals surface area contributed by atoms with E-state index in [4.69, 9.17) is 25.8 Å². The molecule has 0 radical (unpaired) electrons. The van der Waals surface area contributed by atoms with Crippen molar-refractivity contribution in [1.82, 2.24) is 4.98 Å². The predicted octanol–water partition coefficient (Wildman–Crippen LogP) is 6.99. The number of carbonyl (C=O) groups is 1. The number of aryl methyl sites for hydroxylation is 1. The van der Waals surface area contributed by atoms with Crippen molar-refractivity contribution < 1.29 is 19.0 Å². The smallest absolute Gasteiger partial charge is 0.272 e. The van der Waals surface area contributed by atoms with Crippen LogP contribution in [0.3, 0.4) is 0 Å². The van der Waals surface area contributed by atoms with Crippen LogP contribution in [0.15, 0.2) is 72.8 Å². The van der Waals surface area contributed by atoms with Crippen molar-refractivity contribution in [3.05, 3.63) is 89.6 Å². The number of hydrogen-bond acceptors (Lipinski definition) is 5. The Labute approximate surface area is 232 Å². The number of methoxy groups -OCH3 is 3. The van der Waals surface area contributed by atoms with Crippen molar-refractivity contribution in [2.45, 2.75) is 13.0 Å². The highest BCUT2D eigenvalue weighted by molar-refractivity contribution is 6.18. The second kappa shape index (κ2) is 11.6. The number of nitrogens with one attached hydrogen (secondary N) is 3. The van der Waals surface area contributed by atoms with Crippen molar-refractivity contribution in [3.63, 3.8) is 0 Å². The van der Waals surface area contributed by atoms with Crippen molar-refractivity contribution in [3.8, 4) is 17.2 Å². The molecule has 39 heavy (non-hydrogen) atoms. The maximum Gasteiger partial charge on any atom is 0.272 e. The fourth-order valence-corrected chi connectivity index (χ4v) is 5.10. The van der Waals surface area contributed by atoms with Gasteiger partial charge in [-0.1, -0.05) is 54.6 Å². The van der Waals surface area contributed by atoms with Crippen LogP contribution >= 0.6 is 11.6 Å². The molecule has 0 atom stereocenters. The summed E-state index contributed by atoms with van der Waals surface area (Å²) >= 11 is 6.21. The largest absolute Gasteiger partial charge is 0.493 e. The highest BCUT2D eigenvalue weighted by Gasteiger charge is 2.21. The average molecular weight is 544 g/mol. The lowest BCUT2D eigenvalue weighted by atomic mass is 9.98. The lowest BCUT2D eigenvalue weighted by Crippen LogP contribution is -2.15. The summed E-state index contributed by atoms with van der Waals surface area (Å²) in [4.78, 5) is 16.8. The Morgan fingerprint density at radius 1 is 0.846 bits per heavy atom. The number of ether oxygens (including phenoxy) is 3. The Kier molecular flexibility index (Phi) is 7.79. The van der Waals surface area contributed by atoms with Crippen LogP contribution in [0.5, 0.6) is 17.2 Å². The molecule has 8 heteroatoms. The molecule has 0 aliphatic rings. The van der Waals surface area contributed by atoms with Gasteiger partial charge in [-0.05, 0) is 41.1 Å². The van der Waals surface area contributed by atoms with Crippen LogP contribution in [0, 0.1) is 0 Å². The van der Waals surface area contributed by atoms with E-state index in [1.54, 1.807) is 27.4 Å². The van der Waals surface area contributed by atoms with Crippen molar-refractivity contribution in [2.75, 3.05) is 37.8 Å². The van der Waals surface area contributed by atoms with E-state index in [1.807, 2.05) is 42.5 Å². The summed E-state index contributed by atoms with van der Waals surface area (Å²) in [5, 5.41) is 9.55. The molecule has 0 spiro atoms. The summed E-state index contributed by atoms with van der Waals surface area (Å²) in [5.41, 5.74) is 4.80. The predicted molar refractivity (Wildman–Crippen MR) is 158 cm³/mol. The number of rotatable bonds is 10. The molecular weight excluding hydrogens is 514 g/mol. The van der Waals surface area contributed by atoms with E-state index < -0.39 is 0 Å². The maximum atomic E-state index is 13.6. The van der Waals surface area contributed by atoms with Crippen LogP contribution in [0.1, 0.15) is 21.6 Å². The summed E-state index contributed by atoms with van der Waals surface area (Å²) in [7, 11) is 4.66. The van der Waals surface area contributed by atoms with Gasteiger partial charge in [-0.25, -0.2) is 0 Å². The number of hydrogen-bond donors (Lipinski definition) is 3. The van der Waals surface area contributed by atoms with E-state index in [2.05, 4.69) is 39.9 Å². The molecule has 5 rings (SSSR count). The standard InChI is InChI=1S/C31H30ClN3O4/c1-37-27-16-20-15-26(34-28(20)30(39-3)29(27)38-2)31(36)35-25-17-24(33-18-19-9-5-4-6-10-19)22-12-8-7-11-21(22)23(25)13-14-32/h4-12,15-17,33-34H,13-14,18H2,1-3H3,(H,35,36). The summed E-state index contributed by atoms with van der Waals surface area (Å²) in [6.45, 7) is 0.651. The van der Waals surface area contributed by atoms with E-state index in [-0.39, 0.29) is 5.91 Å². The number of amides is 1. The van der Waals surface area contributed by atoms with Crippen LogP contribution in [0.4, 0.5) is 11.4 Å². The van der Waals surface area contributed by atoms with E-state index in [9.17, 15) is 4.79 Å². The van der Waals surface area contributed by atoms with Gasteiger partial charge in [0.2, 0.25) is 5.75 Å². The normalized spacial score (nSPS) is 11.0. The molecule has 0 saturated carbocycles. The van der Waals surface area contributed by atoms with Crippen LogP contribution in [0.25, 0.3) is 21.7 Å². The fourth-order valence-electron chi connectivity index (χ4n) is 4.91. The third kappa shape index (κ3) is 5.18. The van der Waals surface area contributed by atoms with Crippen LogP contribution in [0.2, 0.25) is 0 Å². The minimum Gasteiger partial charge on any atom is -0.493 e. The van der Waals surface area contributed by atoms with E-state index >= 15 is 0 Å². The minimum atomic E-state index is -0.286. The Hall–Kier alpha value is -4.36. The zero-order valence-electron chi connectivity index (χ0n) is 22.1. The van der Waals surface area contributed by atoms with Crippen molar-refractivity contribution in [2.24, 2.45) is 0 Å². The number of H-pyrrole nitrogens is 1. The quantitative estimate of drug-likeness (QED) is 0.165. The summed E-state index contributed by atoms with van der Waals surface area (Å²) < 4.78 is 16.5. The molecule has 0 bridgehead atoms. The molecule has 1 amide bonds. The Balaban J connectivity index is 1.54. The summed E-state index contributed by atoms with van der Waals surface area (Å²) in [6, 6.07) is 23.9. The second-order valence-corrected chi connectivity index (χ2v) is 9.40. The second-order valence-electron chi connectivity index (χ2n) is 9.02. The zero-order chi connectivity index (χ0) is 27.4. The number of alkyl halides is 1. The molecule has 0 saturated heterocycles. The number of carbonyl (C=O) groups excluding carboxylic acids is 1. The number of aromatic amines is 1. The van der Waals surface area contributed by atoms with Gasteiger partial charge >= 0.3 is 0 Å². The van der Waals surface area contributed by atoms with Gasteiger partial charge in [0.15, 0.2) is 11.5 Å². The van der Waals surface area contributed by atoms with Gasteiger partial charge in [0.25, 0.3) is 5.91 Å². The molecule has 0 aliphatic carbocycles. The summed E-state index contributed by atoms with van der Waals surface area (Å²) in [5.74, 6) is 1.57. The van der Waals surface area contributed by atoms with Gasteiger partial charge < -0.3 is 29.8 Å². The molecule has 7 nitrogen and oxygen atoms in total. The number of fused-ring (bicyclic) bond motifs is 2. The minimum absolute atomic E-state index is 0.286. The number of benzene rings is 4. The molecule has 4 aromatic carbocycles. The molecule has 5 aromatic rings. The SMILES string of the molecule is COc1cc2cc(C(=O)Nc3cc(NCc4ccccc4)c4ccccc4c3CCCl)[nH]c2c(OC)c1OC. The first-order valence-corrected chi connectivity index (χ1v) is 13.1. The van der Waals surface area contributed by atoms with Gasteiger partial charge in [-0.15, -0.1) is 11.6 Å². The van der Waals surface area contributed by atoms with E-state index in [0.29, 0.717) is 53.0 Å². The molecule has 0 fully saturated rings. The van der Waals surface area contributed by atoms with Gasteiger partial charge in [0.05, 0.1) is 26.8 Å². The van der Waals surface area contributed by atoms with Gasteiger partial charge in [-0.2, -0.15) is 0 Å². The first-order chi connectivity index (χ1) is 19.1. The zero-order valence-corrected chi connectivity index (χ0v) is 22.8. The Morgan fingerprint density at radius 2 is 1.56 bits per heavy atom. The lowest BCUT2D eigenvalue weighted by molar-refractivity contribution is 0.102. The number of anilines is 2. The van der Waals surface area contributed by atoms with Gasteiger partial charge in [0, 0.05) is 34.6 Å². The maximum absolute atomic E-state index is 13.6. The van der Waals surface area contributed by atoms with Crippen molar-refractivity contribution >= 4 is 50.6 Å². The van der Waals surface area contributed by atoms with Crippen LogP contribution < -0.4 is 24.8 Å². The molecule has 1 aromatic heterocycles. The Morgan fingerprint density at radius 3 is 2.26 bits per heavy atom. The monoisotopic (exact) mass is 543 g/mol. The first kappa shape index (κ1) is 26.3. The van der Waals surface area contributed by atoms with Crippen LogP contribution in [-0.4, -0.2) is 38.1 Å². The molecule has 0 aliphatic heterocycles. The lowest BCUT2D eigenvalue weighted by Gasteiger charge is -2.18. The summed E-state index contributed by atoms with van der Waals surface area (Å²) in [6.07, 6.45) is 0.603. The highest BCUT2D eigenvalue weighted by Crippen LogP contribution is 2.43. The number of aromatic nitrogens is 1. The highest BCUT2D eigenvalue weighted by atomic mass is 35.5.